The molecule has 0 radical (unpaired) electrons. The Morgan fingerprint density at radius 3 is 2.68 bits per heavy atom. The van der Waals surface area contributed by atoms with Gasteiger partial charge in [0.25, 0.3) is 0 Å². The van der Waals surface area contributed by atoms with Crippen molar-refractivity contribution in [3.05, 3.63) is 18.3 Å². The predicted molar refractivity (Wildman–Crippen MR) is 88.2 cm³/mol. The molecule has 2 amide bonds. The van der Waals surface area contributed by atoms with Crippen LogP contribution in [0.2, 0.25) is 0 Å². The molecule has 1 aliphatic heterocycles. The van der Waals surface area contributed by atoms with E-state index >= 15 is 0 Å². The topological polar surface area (TPSA) is 77.5 Å². The van der Waals surface area contributed by atoms with E-state index < -0.39 is 6.10 Å². The van der Waals surface area contributed by atoms with Crippen molar-refractivity contribution in [2.24, 2.45) is 5.92 Å². The summed E-state index contributed by atoms with van der Waals surface area (Å²) in [5, 5.41) is 15.1. The molecule has 0 spiro atoms. The van der Waals surface area contributed by atoms with Crippen LogP contribution >= 0.6 is 0 Å². The maximum absolute atomic E-state index is 11.8. The van der Waals surface area contributed by atoms with Gasteiger partial charge in [-0.05, 0) is 37.3 Å². The van der Waals surface area contributed by atoms with Crippen molar-refractivity contribution in [1.29, 1.82) is 0 Å². The molecule has 1 fully saturated rings. The second-order valence-corrected chi connectivity index (χ2v) is 6.22. The van der Waals surface area contributed by atoms with Gasteiger partial charge in [0, 0.05) is 19.6 Å². The lowest BCUT2D eigenvalue weighted by Gasteiger charge is -2.17. The van der Waals surface area contributed by atoms with Crippen molar-refractivity contribution in [3.8, 4) is 0 Å². The highest BCUT2D eigenvalue weighted by atomic mass is 16.3. The van der Waals surface area contributed by atoms with Gasteiger partial charge in [-0.3, -0.25) is 0 Å². The van der Waals surface area contributed by atoms with Gasteiger partial charge in [0.1, 0.15) is 5.82 Å². The van der Waals surface area contributed by atoms with Crippen LogP contribution in [0.1, 0.15) is 33.1 Å². The molecule has 122 valence electrons. The van der Waals surface area contributed by atoms with Crippen LogP contribution in [0.4, 0.5) is 16.3 Å². The maximum Gasteiger partial charge on any atom is 0.319 e. The molecule has 1 atom stereocenters. The summed E-state index contributed by atoms with van der Waals surface area (Å²) in [6.45, 7) is 6.43. The zero-order valence-corrected chi connectivity index (χ0v) is 13.4. The fourth-order valence-corrected chi connectivity index (χ4v) is 2.61. The molecule has 6 nitrogen and oxygen atoms in total. The van der Waals surface area contributed by atoms with Crippen LogP contribution in [0.25, 0.3) is 0 Å². The third-order valence-corrected chi connectivity index (χ3v) is 3.68. The number of hydrogen-bond donors (Lipinski definition) is 3. The van der Waals surface area contributed by atoms with Crippen LogP contribution in [0, 0.1) is 5.92 Å². The molecule has 0 saturated carbocycles. The van der Waals surface area contributed by atoms with E-state index in [4.69, 9.17) is 0 Å². The minimum absolute atomic E-state index is 0.253. The zero-order valence-electron chi connectivity index (χ0n) is 13.4. The first-order valence-electron chi connectivity index (χ1n) is 7.98. The predicted octanol–water partition coefficient (Wildman–Crippen LogP) is 2.21. The average molecular weight is 306 g/mol. The SMILES string of the molecule is CC(C)CC(O)CNC(=O)Nc1ccc(N2CCCC2)nc1. The average Bonchev–Trinajstić information content (AvgIpc) is 2.99. The van der Waals surface area contributed by atoms with Gasteiger partial charge in [0.05, 0.1) is 18.0 Å². The molecule has 0 aliphatic carbocycles. The Morgan fingerprint density at radius 2 is 2.09 bits per heavy atom. The fourth-order valence-electron chi connectivity index (χ4n) is 2.61. The van der Waals surface area contributed by atoms with Crippen molar-refractivity contribution in [2.75, 3.05) is 29.9 Å². The van der Waals surface area contributed by atoms with E-state index in [0.29, 0.717) is 18.0 Å². The molecule has 2 rings (SSSR count). The standard InChI is InChI=1S/C16H26N4O2/c1-12(2)9-14(21)11-18-16(22)19-13-5-6-15(17-10-13)20-7-3-4-8-20/h5-6,10,12,14,21H,3-4,7-9,11H2,1-2H3,(H2,18,19,22). The van der Waals surface area contributed by atoms with E-state index in [1.165, 1.54) is 12.8 Å². The van der Waals surface area contributed by atoms with Gasteiger partial charge in [-0.1, -0.05) is 13.8 Å². The van der Waals surface area contributed by atoms with Crippen LogP contribution in [-0.4, -0.2) is 41.9 Å². The summed E-state index contributed by atoms with van der Waals surface area (Å²) in [7, 11) is 0. The van der Waals surface area contributed by atoms with Crippen LogP contribution in [-0.2, 0) is 0 Å². The van der Waals surface area contributed by atoms with Gasteiger partial charge < -0.3 is 20.6 Å². The summed E-state index contributed by atoms with van der Waals surface area (Å²) in [5.74, 6) is 1.36. The van der Waals surface area contributed by atoms with Crippen LogP contribution in [0.3, 0.4) is 0 Å². The lowest BCUT2D eigenvalue weighted by Crippen LogP contribution is -2.35. The summed E-state index contributed by atoms with van der Waals surface area (Å²) >= 11 is 0. The molecule has 0 aromatic carbocycles. The smallest absolute Gasteiger partial charge is 0.319 e. The van der Waals surface area contributed by atoms with Gasteiger partial charge in [0.2, 0.25) is 0 Å². The molecule has 1 unspecified atom stereocenters. The number of urea groups is 1. The number of carbonyl (C=O) groups is 1. The molecule has 1 aliphatic rings. The quantitative estimate of drug-likeness (QED) is 0.753. The second-order valence-electron chi connectivity index (χ2n) is 6.22. The van der Waals surface area contributed by atoms with Crippen LogP contribution < -0.4 is 15.5 Å². The van der Waals surface area contributed by atoms with E-state index in [0.717, 1.165) is 18.9 Å². The summed E-state index contributed by atoms with van der Waals surface area (Å²) in [6, 6.07) is 3.46. The van der Waals surface area contributed by atoms with E-state index in [1.807, 2.05) is 26.0 Å². The number of aliphatic hydroxyl groups is 1. The number of pyridine rings is 1. The Hall–Kier alpha value is -1.82. The highest BCUT2D eigenvalue weighted by Crippen LogP contribution is 2.18. The van der Waals surface area contributed by atoms with Gasteiger partial charge in [-0.15, -0.1) is 0 Å². The second kappa shape index (κ2) is 7.98. The lowest BCUT2D eigenvalue weighted by atomic mass is 10.1. The van der Waals surface area contributed by atoms with Gasteiger partial charge in [-0.25, -0.2) is 9.78 Å². The number of rotatable bonds is 6. The number of anilines is 2. The molecule has 1 aromatic heterocycles. The van der Waals surface area contributed by atoms with E-state index in [2.05, 4.69) is 20.5 Å². The Bertz CT molecular complexity index is 470. The Labute approximate surface area is 131 Å². The molecule has 1 saturated heterocycles. The van der Waals surface area contributed by atoms with Crippen molar-refractivity contribution in [2.45, 2.75) is 39.2 Å². The third-order valence-electron chi connectivity index (χ3n) is 3.68. The molecule has 3 N–H and O–H groups in total. The molecular weight excluding hydrogens is 280 g/mol. The Kier molecular flexibility index (Phi) is 6.00. The number of aliphatic hydroxyl groups excluding tert-OH is 1. The summed E-state index contributed by atoms with van der Waals surface area (Å²) in [6.07, 6.45) is 4.25. The van der Waals surface area contributed by atoms with Gasteiger partial charge >= 0.3 is 6.03 Å². The molecule has 22 heavy (non-hydrogen) atoms. The Morgan fingerprint density at radius 1 is 1.36 bits per heavy atom. The highest BCUT2D eigenvalue weighted by Gasteiger charge is 2.13. The van der Waals surface area contributed by atoms with Crippen molar-refractivity contribution in [1.82, 2.24) is 10.3 Å². The number of aromatic nitrogens is 1. The minimum atomic E-state index is -0.513. The van der Waals surface area contributed by atoms with Gasteiger partial charge in [-0.2, -0.15) is 0 Å². The number of nitrogens with zero attached hydrogens (tertiary/aromatic N) is 2. The van der Waals surface area contributed by atoms with E-state index in [1.54, 1.807) is 6.20 Å². The first kappa shape index (κ1) is 16.5. The first-order chi connectivity index (χ1) is 10.5. The van der Waals surface area contributed by atoms with Gasteiger partial charge in [0.15, 0.2) is 0 Å². The number of nitrogens with one attached hydrogen (secondary N) is 2. The summed E-state index contributed by atoms with van der Waals surface area (Å²) in [5.41, 5.74) is 0.652. The number of amides is 2. The minimum Gasteiger partial charge on any atom is -0.391 e. The molecular formula is C16H26N4O2. The summed E-state index contributed by atoms with van der Waals surface area (Å²) in [4.78, 5) is 18.4. The first-order valence-corrected chi connectivity index (χ1v) is 7.98. The fraction of sp³-hybridized carbons (Fsp3) is 0.625. The van der Waals surface area contributed by atoms with Crippen molar-refractivity contribution < 1.29 is 9.90 Å². The lowest BCUT2D eigenvalue weighted by molar-refractivity contribution is 0.148. The van der Waals surface area contributed by atoms with Crippen LogP contribution in [0.5, 0.6) is 0 Å². The molecule has 0 bridgehead atoms. The largest absolute Gasteiger partial charge is 0.391 e. The molecule has 1 aromatic rings. The highest BCUT2D eigenvalue weighted by molar-refractivity contribution is 5.89. The molecule has 6 heteroatoms. The Balaban J connectivity index is 1.76. The van der Waals surface area contributed by atoms with E-state index in [9.17, 15) is 9.90 Å². The summed E-state index contributed by atoms with van der Waals surface area (Å²) < 4.78 is 0. The zero-order chi connectivity index (χ0) is 15.9. The maximum atomic E-state index is 11.8. The normalized spacial score (nSPS) is 15.9. The third kappa shape index (κ3) is 5.18. The molecule has 2 heterocycles. The van der Waals surface area contributed by atoms with E-state index in [-0.39, 0.29) is 12.6 Å². The number of hydrogen-bond acceptors (Lipinski definition) is 4. The van der Waals surface area contributed by atoms with Crippen LogP contribution in [0.15, 0.2) is 18.3 Å². The number of carbonyl (C=O) groups excluding carboxylic acids is 1. The van der Waals surface area contributed by atoms with Crippen molar-refractivity contribution >= 4 is 17.5 Å². The monoisotopic (exact) mass is 306 g/mol. The van der Waals surface area contributed by atoms with Crippen molar-refractivity contribution in [3.63, 3.8) is 0 Å².